The summed E-state index contributed by atoms with van der Waals surface area (Å²) >= 11 is 0. The van der Waals surface area contributed by atoms with Gasteiger partial charge in [0.1, 0.15) is 11.4 Å². The second-order valence-electron chi connectivity index (χ2n) is 9.99. The van der Waals surface area contributed by atoms with Gasteiger partial charge in [-0.2, -0.15) is 0 Å². The number of nitrogens with zero attached hydrogens (tertiary/aromatic N) is 2. The monoisotopic (exact) mass is 498 g/mol. The van der Waals surface area contributed by atoms with Crippen LogP contribution >= 0.6 is 0 Å². The SMILES string of the molecule is C#CC1CCC(C2=NC3(CCN(S(=O)(=O)CCc4ccc(NC(C)=O)cc4C)CC3)C(=O)N2)CC1. The predicted octanol–water partition coefficient (Wildman–Crippen LogP) is 2.63. The lowest BCUT2D eigenvalue weighted by molar-refractivity contribution is -0.125. The molecule has 0 radical (unpaired) electrons. The number of aryl methyl sites for hydroxylation is 2. The van der Waals surface area contributed by atoms with Crippen molar-refractivity contribution in [2.45, 2.75) is 64.3 Å². The summed E-state index contributed by atoms with van der Waals surface area (Å²) in [4.78, 5) is 29.0. The number of amides is 2. The van der Waals surface area contributed by atoms with Crippen LogP contribution < -0.4 is 10.6 Å². The number of anilines is 1. The number of aliphatic imine (C=N–C) groups is 1. The first-order valence-corrected chi connectivity index (χ1v) is 13.9. The van der Waals surface area contributed by atoms with Crippen molar-refractivity contribution in [3.8, 4) is 12.3 Å². The van der Waals surface area contributed by atoms with Crippen LogP contribution in [0.15, 0.2) is 23.2 Å². The van der Waals surface area contributed by atoms with E-state index in [1.807, 2.05) is 19.1 Å². The Morgan fingerprint density at radius 2 is 1.94 bits per heavy atom. The molecule has 9 heteroatoms. The zero-order chi connectivity index (χ0) is 25.2. The first-order valence-electron chi connectivity index (χ1n) is 12.3. The molecule has 0 unspecified atom stereocenters. The molecule has 3 aliphatic rings. The number of rotatable bonds is 6. The number of carbonyl (C=O) groups is 2. The zero-order valence-electron chi connectivity index (χ0n) is 20.5. The molecule has 1 saturated heterocycles. The second-order valence-corrected chi connectivity index (χ2v) is 12.1. The average Bonchev–Trinajstić information content (AvgIpc) is 3.14. The molecule has 2 amide bonds. The lowest BCUT2D eigenvalue weighted by Gasteiger charge is -2.34. The molecule has 2 heterocycles. The van der Waals surface area contributed by atoms with Crippen LogP contribution in [0, 0.1) is 31.1 Å². The fourth-order valence-electron chi connectivity index (χ4n) is 5.37. The fourth-order valence-corrected chi connectivity index (χ4v) is 6.84. The van der Waals surface area contributed by atoms with Crippen LogP contribution in [-0.4, -0.2) is 54.8 Å². The summed E-state index contributed by atoms with van der Waals surface area (Å²) in [6.07, 6.45) is 10.5. The molecule has 1 spiro atoms. The molecule has 4 rings (SSSR count). The third kappa shape index (κ3) is 5.60. The molecule has 8 nitrogen and oxygen atoms in total. The first kappa shape index (κ1) is 25.4. The van der Waals surface area contributed by atoms with Gasteiger partial charge in [-0.05, 0) is 75.1 Å². The van der Waals surface area contributed by atoms with Crippen molar-refractivity contribution in [3.63, 3.8) is 0 Å². The van der Waals surface area contributed by atoms with Gasteiger partial charge in [0.2, 0.25) is 15.9 Å². The minimum atomic E-state index is -3.47. The van der Waals surface area contributed by atoms with Gasteiger partial charge in [-0.3, -0.25) is 14.6 Å². The van der Waals surface area contributed by atoms with E-state index in [-0.39, 0.29) is 36.6 Å². The van der Waals surface area contributed by atoms with Crippen LogP contribution in [0.5, 0.6) is 0 Å². The van der Waals surface area contributed by atoms with Gasteiger partial charge < -0.3 is 10.6 Å². The number of sulfonamides is 1. The third-order valence-corrected chi connectivity index (χ3v) is 9.46. The molecule has 2 aliphatic heterocycles. The lowest BCUT2D eigenvalue weighted by Crippen LogP contribution is -2.51. The van der Waals surface area contributed by atoms with Gasteiger partial charge in [0.15, 0.2) is 0 Å². The van der Waals surface area contributed by atoms with Crippen molar-refractivity contribution in [3.05, 3.63) is 29.3 Å². The fraction of sp³-hybridized carbons (Fsp3) is 0.577. The highest BCUT2D eigenvalue weighted by Gasteiger charge is 2.48. The summed E-state index contributed by atoms with van der Waals surface area (Å²) < 4.78 is 27.6. The lowest BCUT2D eigenvalue weighted by atomic mass is 9.82. The number of terminal acetylenes is 1. The van der Waals surface area contributed by atoms with Crippen LogP contribution in [0.1, 0.15) is 56.6 Å². The zero-order valence-corrected chi connectivity index (χ0v) is 21.3. The van der Waals surface area contributed by atoms with Gasteiger partial charge in [-0.25, -0.2) is 12.7 Å². The number of hydrogen-bond donors (Lipinski definition) is 2. The summed E-state index contributed by atoms with van der Waals surface area (Å²) in [5, 5.41) is 5.74. The molecule has 0 aromatic heterocycles. The molecule has 35 heavy (non-hydrogen) atoms. The Bertz CT molecular complexity index is 1170. The molecule has 1 aromatic carbocycles. The largest absolute Gasteiger partial charge is 0.326 e. The van der Waals surface area contributed by atoms with E-state index in [0.29, 0.717) is 30.9 Å². The Balaban J connectivity index is 1.35. The quantitative estimate of drug-likeness (QED) is 0.588. The Morgan fingerprint density at radius 1 is 1.26 bits per heavy atom. The van der Waals surface area contributed by atoms with E-state index in [1.54, 1.807) is 6.07 Å². The maximum absolute atomic E-state index is 13.1. The van der Waals surface area contributed by atoms with Crippen LogP contribution in [-0.2, 0) is 26.0 Å². The van der Waals surface area contributed by atoms with Gasteiger partial charge in [0.25, 0.3) is 5.91 Å². The van der Waals surface area contributed by atoms with Gasteiger partial charge >= 0.3 is 0 Å². The van der Waals surface area contributed by atoms with Crippen molar-refractivity contribution < 1.29 is 18.0 Å². The minimum Gasteiger partial charge on any atom is -0.326 e. The highest BCUT2D eigenvalue weighted by atomic mass is 32.2. The summed E-state index contributed by atoms with van der Waals surface area (Å²) in [5.41, 5.74) is 1.72. The Labute approximate surface area is 208 Å². The second kappa shape index (κ2) is 10.1. The molecular formula is C26H34N4O4S. The number of piperidine rings is 1. The minimum absolute atomic E-state index is 0.000539. The van der Waals surface area contributed by atoms with Gasteiger partial charge in [0, 0.05) is 37.5 Å². The molecule has 1 aromatic rings. The van der Waals surface area contributed by atoms with Crippen LogP contribution in [0.4, 0.5) is 5.69 Å². The molecule has 2 fully saturated rings. The van der Waals surface area contributed by atoms with Crippen molar-refractivity contribution in [2.24, 2.45) is 16.8 Å². The van der Waals surface area contributed by atoms with Crippen LogP contribution in [0.2, 0.25) is 0 Å². The van der Waals surface area contributed by atoms with Crippen LogP contribution in [0.3, 0.4) is 0 Å². The summed E-state index contributed by atoms with van der Waals surface area (Å²) in [6, 6.07) is 5.49. The Hall–Kier alpha value is -2.70. The van der Waals surface area contributed by atoms with Crippen molar-refractivity contribution in [2.75, 3.05) is 24.2 Å². The van der Waals surface area contributed by atoms with Gasteiger partial charge in [0.05, 0.1) is 5.75 Å². The Morgan fingerprint density at radius 3 is 2.54 bits per heavy atom. The number of amidine groups is 1. The van der Waals surface area contributed by atoms with E-state index in [2.05, 4.69) is 16.6 Å². The first-order chi connectivity index (χ1) is 16.6. The van der Waals surface area contributed by atoms with E-state index in [4.69, 9.17) is 11.4 Å². The summed E-state index contributed by atoms with van der Waals surface area (Å²) in [7, 11) is -3.47. The molecule has 1 aliphatic carbocycles. The number of nitrogens with one attached hydrogen (secondary N) is 2. The Kier molecular flexibility index (Phi) is 7.34. The van der Waals surface area contributed by atoms with E-state index < -0.39 is 15.6 Å². The van der Waals surface area contributed by atoms with E-state index >= 15 is 0 Å². The number of hydrogen-bond acceptors (Lipinski definition) is 5. The average molecular weight is 499 g/mol. The summed E-state index contributed by atoms with van der Waals surface area (Å²) in [5.74, 6) is 3.88. The van der Waals surface area contributed by atoms with Crippen molar-refractivity contribution in [1.29, 1.82) is 0 Å². The highest BCUT2D eigenvalue weighted by molar-refractivity contribution is 7.89. The van der Waals surface area contributed by atoms with Gasteiger partial charge in [-0.15, -0.1) is 12.3 Å². The van der Waals surface area contributed by atoms with Crippen LogP contribution in [0.25, 0.3) is 0 Å². The smallest absolute Gasteiger partial charge is 0.253 e. The van der Waals surface area contributed by atoms with Crippen molar-refractivity contribution in [1.82, 2.24) is 9.62 Å². The highest BCUT2D eigenvalue weighted by Crippen LogP contribution is 2.36. The maximum Gasteiger partial charge on any atom is 0.253 e. The van der Waals surface area contributed by atoms with Crippen molar-refractivity contribution >= 4 is 33.4 Å². The standard InChI is InChI=1S/C26H34N4O4S/c1-4-20-5-7-22(8-6-20)24-28-25(32)26(29-24)12-14-30(15-13-26)35(33,34)16-11-21-9-10-23(17-18(21)2)27-19(3)31/h1,9-10,17,20,22H,5-8,11-16H2,2-3H3,(H,27,31)(H,28,29,32). The molecule has 0 bridgehead atoms. The summed E-state index contributed by atoms with van der Waals surface area (Å²) in [6.45, 7) is 3.93. The number of carbonyl (C=O) groups excluding carboxylic acids is 2. The predicted molar refractivity (Wildman–Crippen MR) is 136 cm³/mol. The van der Waals surface area contributed by atoms with E-state index in [0.717, 1.165) is 42.6 Å². The number of benzene rings is 1. The molecular weight excluding hydrogens is 464 g/mol. The molecule has 188 valence electrons. The van der Waals surface area contributed by atoms with Gasteiger partial charge in [-0.1, -0.05) is 6.07 Å². The normalized spacial score (nSPS) is 24.5. The van der Waals surface area contributed by atoms with E-state index in [9.17, 15) is 18.0 Å². The topological polar surface area (TPSA) is 108 Å². The maximum atomic E-state index is 13.1. The molecule has 1 saturated carbocycles. The van der Waals surface area contributed by atoms with E-state index in [1.165, 1.54) is 11.2 Å². The third-order valence-electron chi connectivity index (χ3n) is 7.58. The molecule has 0 atom stereocenters. The molecule has 2 N–H and O–H groups in total.